The van der Waals surface area contributed by atoms with Crippen LogP contribution in [0, 0.1) is 4.51 Å². The average molecular weight is 390 g/mol. The molecule has 2 aromatic carbocycles. The van der Waals surface area contributed by atoms with E-state index in [1.165, 1.54) is 22.4 Å². The highest BCUT2D eigenvalue weighted by Crippen LogP contribution is 2.27. The molecule has 0 amide bonds. The van der Waals surface area contributed by atoms with E-state index in [4.69, 9.17) is 17.0 Å². The number of ether oxygens (including phenoxy) is 1. The van der Waals surface area contributed by atoms with Crippen LogP contribution in [0.3, 0.4) is 0 Å². The fourth-order valence-electron chi connectivity index (χ4n) is 3.87. The Balaban J connectivity index is 1.66. The average Bonchev–Trinajstić information content (AvgIpc) is 3.22. The van der Waals surface area contributed by atoms with Crippen LogP contribution in [0.2, 0.25) is 0 Å². The van der Waals surface area contributed by atoms with E-state index in [-0.39, 0.29) is 5.97 Å². The number of hydrogen-bond acceptors (Lipinski definition) is 3. The van der Waals surface area contributed by atoms with Crippen LogP contribution in [0.4, 0.5) is 0 Å². The number of fused-ring (bicyclic) bond motifs is 1. The van der Waals surface area contributed by atoms with Gasteiger partial charge in [-0.25, -0.2) is 4.79 Å². The standard InChI is InChI=1S/C24H23NO2S/c1-2-27-24(26)21-16-25(22-10-6-9-20(22)23(21)28)15-17-11-13-19(14-12-17)18-7-4-3-5-8-18/h3-5,7-8,11-14,16H,2,6,9-10,15H2,1H3. The predicted octanol–water partition coefficient (Wildman–Crippen LogP) is 5.60. The van der Waals surface area contributed by atoms with Gasteiger partial charge in [0.2, 0.25) is 0 Å². The SMILES string of the molecule is CCOC(=O)c1cn(Cc2ccc(-c3ccccc3)cc2)c2c(c1=S)CCC2. The molecule has 3 aromatic rings. The lowest BCUT2D eigenvalue weighted by molar-refractivity contribution is 0.0524. The summed E-state index contributed by atoms with van der Waals surface area (Å²) in [7, 11) is 0. The zero-order chi connectivity index (χ0) is 19.5. The Bertz CT molecular complexity index is 1050. The van der Waals surface area contributed by atoms with Gasteiger partial charge in [-0.05, 0) is 48.4 Å². The van der Waals surface area contributed by atoms with Gasteiger partial charge in [0, 0.05) is 18.4 Å². The number of hydrogen-bond donors (Lipinski definition) is 0. The summed E-state index contributed by atoms with van der Waals surface area (Å²) in [6.07, 6.45) is 4.91. The van der Waals surface area contributed by atoms with Crippen LogP contribution >= 0.6 is 12.2 Å². The lowest BCUT2D eigenvalue weighted by Gasteiger charge is -2.16. The molecular formula is C24H23NO2S. The molecule has 0 fully saturated rings. The first-order valence-electron chi connectivity index (χ1n) is 9.74. The molecular weight excluding hydrogens is 366 g/mol. The van der Waals surface area contributed by atoms with Gasteiger partial charge in [-0.3, -0.25) is 0 Å². The highest BCUT2D eigenvalue weighted by atomic mass is 32.1. The summed E-state index contributed by atoms with van der Waals surface area (Å²) in [5, 5.41) is 0. The quantitative estimate of drug-likeness (QED) is 0.420. The minimum absolute atomic E-state index is 0.324. The maximum atomic E-state index is 12.4. The molecule has 1 aliphatic rings. The van der Waals surface area contributed by atoms with Gasteiger partial charge >= 0.3 is 5.97 Å². The zero-order valence-electron chi connectivity index (χ0n) is 16.0. The number of esters is 1. The molecule has 1 aromatic heterocycles. The Kier molecular flexibility index (Phi) is 5.40. The molecule has 0 atom stereocenters. The lowest BCUT2D eigenvalue weighted by Crippen LogP contribution is -2.14. The van der Waals surface area contributed by atoms with E-state index in [0.717, 1.165) is 31.4 Å². The maximum Gasteiger partial charge on any atom is 0.341 e. The summed E-state index contributed by atoms with van der Waals surface area (Å²) in [4.78, 5) is 12.4. The summed E-state index contributed by atoms with van der Waals surface area (Å²) in [6, 6.07) is 19.0. The Hall–Kier alpha value is -2.72. The number of carbonyl (C=O) groups is 1. The molecule has 4 heteroatoms. The fraction of sp³-hybridized carbons (Fsp3) is 0.250. The monoisotopic (exact) mass is 389 g/mol. The van der Waals surface area contributed by atoms with Crippen molar-refractivity contribution >= 4 is 18.2 Å². The Morgan fingerprint density at radius 2 is 1.75 bits per heavy atom. The van der Waals surface area contributed by atoms with Gasteiger partial charge in [-0.1, -0.05) is 66.8 Å². The molecule has 142 valence electrons. The highest BCUT2D eigenvalue weighted by molar-refractivity contribution is 7.71. The summed E-state index contributed by atoms with van der Waals surface area (Å²) in [5.41, 5.74) is 6.52. The predicted molar refractivity (Wildman–Crippen MR) is 114 cm³/mol. The van der Waals surface area contributed by atoms with Crippen molar-refractivity contribution in [2.24, 2.45) is 0 Å². The molecule has 3 nitrogen and oxygen atoms in total. The summed E-state index contributed by atoms with van der Waals surface area (Å²) in [6.45, 7) is 2.89. The third-order valence-electron chi connectivity index (χ3n) is 5.25. The van der Waals surface area contributed by atoms with E-state index in [9.17, 15) is 4.79 Å². The first-order valence-corrected chi connectivity index (χ1v) is 10.1. The van der Waals surface area contributed by atoms with Crippen LogP contribution in [0.5, 0.6) is 0 Å². The van der Waals surface area contributed by atoms with Gasteiger partial charge in [0.15, 0.2) is 0 Å². The third kappa shape index (κ3) is 3.65. The van der Waals surface area contributed by atoms with Gasteiger partial charge in [0.05, 0.1) is 16.7 Å². The summed E-state index contributed by atoms with van der Waals surface area (Å²) >= 11 is 5.59. The van der Waals surface area contributed by atoms with Crippen LogP contribution in [-0.2, 0) is 24.1 Å². The highest BCUT2D eigenvalue weighted by Gasteiger charge is 2.21. The van der Waals surface area contributed by atoms with Crippen molar-refractivity contribution in [3.8, 4) is 11.1 Å². The normalized spacial score (nSPS) is 12.6. The number of nitrogens with zero attached hydrogens (tertiary/aromatic N) is 1. The molecule has 0 saturated heterocycles. The van der Waals surface area contributed by atoms with Gasteiger partial charge < -0.3 is 9.30 Å². The topological polar surface area (TPSA) is 31.2 Å². The second kappa shape index (κ2) is 8.11. The van der Waals surface area contributed by atoms with Crippen LogP contribution in [0.25, 0.3) is 11.1 Å². The van der Waals surface area contributed by atoms with E-state index in [0.29, 0.717) is 16.7 Å². The first kappa shape index (κ1) is 18.6. The molecule has 0 aliphatic heterocycles. The lowest BCUT2D eigenvalue weighted by atomic mass is 10.0. The van der Waals surface area contributed by atoms with E-state index >= 15 is 0 Å². The minimum atomic E-state index is -0.324. The van der Waals surface area contributed by atoms with Crippen molar-refractivity contribution in [1.29, 1.82) is 0 Å². The molecule has 0 unspecified atom stereocenters. The third-order valence-corrected chi connectivity index (χ3v) is 5.71. The second-order valence-electron chi connectivity index (χ2n) is 7.06. The maximum absolute atomic E-state index is 12.4. The van der Waals surface area contributed by atoms with Gasteiger partial charge in [-0.15, -0.1) is 0 Å². The summed E-state index contributed by atoms with van der Waals surface area (Å²) < 4.78 is 8.07. The van der Waals surface area contributed by atoms with Crippen molar-refractivity contribution < 1.29 is 9.53 Å². The van der Waals surface area contributed by atoms with Gasteiger partial charge in [0.25, 0.3) is 0 Å². The molecule has 0 spiro atoms. The van der Waals surface area contributed by atoms with E-state index in [1.54, 1.807) is 0 Å². The first-order chi connectivity index (χ1) is 13.7. The number of pyridine rings is 1. The second-order valence-corrected chi connectivity index (χ2v) is 7.47. The molecule has 1 heterocycles. The minimum Gasteiger partial charge on any atom is -0.462 e. The molecule has 28 heavy (non-hydrogen) atoms. The van der Waals surface area contributed by atoms with Crippen LogP contribution in [0.15, 0.2) is 60.8 Å². The molecule has 0 N–H and O–H groups in total. The molecule has 0 bridgehead atoms. The van der Waals surface area contributed by atoms with Crippen molar-refractivity contribution in [1.82, 2.24) is 4.57 Å². The van der Waals surface area contributed by atoms with E-state index in [2.05, 4.69) is 53.1 Å². The summed E-state index contributed by atoms with van der Waals surface area (Å²) in [5.74, 6) is -0.324. The van der Waals surface area contributed by atoms with E-state index < -0.39 is 0 Å². The van der Waals surface area contributed by atoms with Gasteiger partial charge in [-0.2, -0.15) is 0 Å². The Morgan fingerprint density at radius 1 is 1.04 bits per heavy atom. The number of rotatable bonds is 5. The smallest absolute Gasteiger partial charge is 0.341 e. The molecule has 4 rings (SSSR count). The number of aromatic nitrogens is 1. The fourth-order valence-corrected chi connectivity index (χ4v) is 4.23. The number of carbonyl (C=O) groups excluding carboxylic acids is 1. The number of benzene rings is 2. The van der Waals surface area contributed by atoms with Crippen LogP contribution < -0.4 is 0 Å². The van der Waals surface area contributed by atoms with Gasteiger partial charge in [0.1, 0.15) is 0 Å². The zero-order valence-corrected chi connectivity index (χ0v) is 16.8. The largest absolute Gasteiger partial charge is 0.462 e. The van der Waals surface area contributed by atoms with Crippen molar-refractivity contribution in [3.63, 3.8) is 0 Å². The Morgan fingerprint density at radius 3 is 2.46 bits per heavy atom. The Labute approximate surface area is 170 Å². The van der Waals surface area contributed by atoms with Crippen molar-refractivity contribution in [2.45, 2.75) is 32.7 Å². The van der Waals surface area contributed by atoms with Crippen LogP contribution in [0.1, 0.15) is 40.5 Å². The molecule has 1 aliphatic carbocycles. The molecule has 0 radical (unpaired) electrons. The van der Waals surface area contributed by atoms with E-state index in [1.807, 2.05) is 19.2 Å². The van der Waals surface area contributed by atoms with Crippen molar-refractivity contribution in [2.75, 3.05) is 6.61 Å². The molecule has 0 saturated carbocycles. The van der Waals surface area contributed by atoms with Crippen LogP contribution in [-0.4, -0.2) is 17.1 Å². The van der Waals surface area contributed by atoms with Crippen molar-refractivity contribution in [3.05, 3.63) is 87.7 Å².